The van der Waals surface area contributed by atoms with E-state index in [0.29, 0.717) is 21.7 Å². The maximum Gasteiger partial charge on any atom is 0.161 e. The van der Waals surface area contributed by atoms with E-state index in [1.165, 1.54) is 12.1 Å². The highest BCUT2D eigenvalue weighted by Gasteiger charge is 2.10. The van der Waals surface area contributed by atoms with Crippen LogP contribution in [0.25, 0.3) is 11.4 Å². The maximum absolute atomic E-state index is 13.4. The van der Waals surface area contributed by atoms with E-state index in [2.05, 4.69) is 31.3 Å². The molecule has 2 rings (SSSR count). The largest absolute Gasteiger partial charge is 0.308 e. The zero-order valence-electron chi connectivity index (χ0n) is 10.6. The third-order valence-electron chi connectivity index (χ3n) is 2.61. The lowest BCUT2D eigenvalue weighted by Gasteiger charge is -2.10. The molecule has 0 spiro atoms. The van der Waals surface area contributed by atoms with E-state index in [4.69, 9.17) is 5.84 Å². The molecule has 0 saturated heterocycles. The Labute approximate surface area is 119 Å². The van der Waals surface area contributed by atoms with Crippen LogP contribution < -0.4 is 11.3 Å². The summed E-state index contributed by atoms with van der Waals surface area (Å²) in [6.45, 7) is 4.04. The summed E-state index contributed by atoms with van der Waals surface area (Å²) >= 11 is 3.26. The lowest BCUT2D eigenvalue weighted by atomic mass is 10.1. The molecule has 0 aliphatic rings. The molecule has 0 unspecified atom stereocenters. The maximum atomic E-state index is 13.4. The summed E-state index contributed by atoms with van der Waals surface area (Å²) in [6, 6.07) is 6.33. The molecule has 3 N–H and O–H groups in total. The summed E-state index contributed by atoms with van der Waals surface area (Å²) < 4.78 is 14.1. The Hall–Kier alpha value is -1.53. The summed E-state index contributed by atoms with van der Waals surface area (Å²) in [4.78, 5) is 8.69. The van der Waals surface area contributed by atoms with Crippen LogP contribution in [-0.4, -0.2) is 9.97 Å². The molecule has 0 aliphatic heterocycles. The Morgan fingerprint density at radius 2 is 1.95 bits per heavy atom. The molecule has 0 saturated carbocycles. The number of anilines is 1. The Balaban J connectivity index is 2.57. The Bertz CT molecular complexity index is 581. The first-order valence-corrected chi connectivity index (χ1v) is 6.61. The van der Waals surface area contributed by atoms with E-state index < -0.39 is 0 Å². The highest BCUT2D eigenvalue weighted by molar-refractivity contribution is 9.10. The van der Waals surface area contributed by atoms with Gasteiger partial charge in [-0.3, -0.25) is 0 Å². The van der Waals surface area contributed by atoms with Gasteiger partial charge in [0.1, 0.15) is 11.6 Å². The number of halogens is 2. The predicted molar refractivity (Wildman–Crippen MR) is 77.0 cm³/mol. The molecule has 100 valence electrons. The van der Waals surface area contributed by atoms with Crippen molar-refractivity contribution < 1.29 is 4.39 Å². The lowest BCUT2D eigenvalue weighted by Crippen LogP contribution is -2.11. The zero-order valence-corrected chi connectivity index (χ0v) is 12.2. The number of nitrogen functional groups attached to an aromatic ring is 1. The molecule has 1 heterocycles. The number of benzene rings is 1. The van der Waals surface area contributed by atoms with Gasteiger partial charge in [-0.05, 0) is 24.1 Å². The third kappa shape index (κ3) is 3.27. The summed E-state index contributed by atoms with van der Waals surface area (Å²) in [5, 5.41) is 0. The Morgan fingerprint density at radius 3 is 2.53 bits per heavy atom. The first-order valence-electron chi connectivity index (χ1n) is 5.81. The van der Waals surface area contributed by atoms with Gasteiger partial charge in [-0.25, -0.2) is 20.2 Å². The van der Waals surface area contributed by atoms with Gasteiger partial charge in [-0.15, -0.1) is 0 Å². The van der Waals surface area contributed by atoms with Crippen molar-refractivity contribution >= 4 is 21.7 Å². The van der Waals surface area contributed by atoms with Gasteiger partial charge in [-0.2, -0.15) is 0 Å². The van der Waals surface area contributed by atoms with E-state index in [9.17, 15) is 4.39 Å². The van der Waals surface area contributed by atoms with Gasteiger partial charge in [-0.1, -0.05) is 29.8 Å². The first-order chi connectivity index (χ1) is 8.99. The second kappa shape index (κ2) is 5.63. The molecule has 2 aromatic rings. The summed E-state index contributed by atoms with van der Waals surface area (Å²) in [6.07, 6.45) is 0. The van der Waals surface area contributed by atoms with Gasteiger partial charge in [0, 0.05) is 21.8 Å². The topological polar surface area (TPSA) is 63.8 Å². The number of aromatic nitrogens is 2. The number of nitrogens with two attached hydrogens (primary N) is 1. The minimum Gasteiger partial charge on any atom is -0.308 e. The monoisotopic (exact) mass is 324 g/mol. The van der Waals surface area contributed by atoms with Crippen molar-refractivity contribution in [2.24, 2.45) is 5.84 Å². The number of hydrogen-bond acceptors (Lipinski definition) is 4. The fourth-order valence-corrected chi connectivity index (χ4v) is 2.11. The summed E-state index contributed by atoms with van der Waals surface area (Å²) in [5.74, 6) is 6.24. The van der Waals surface area contributed by atoms with Crippen LogP contribution in [0.2, 0.25) is 0 Å². The van der Waals surface area contributed by atoms with E-state index in [-0.39, 0.29) is 11.7 Å². The second-order valence-electron chi connectivity index (χ2n) is 4.46. The van der Waals surface area contributed by atoms with Gasteiger partial charge >= 0.3 is 0 Å². The quantitative estimate of drug-likeness (QED) is 0.670. The molecule has 0 bridgehead atoms. The van der Waals surface area contributed by atoms with Crippen LogP contribution in [0.5, 0.6) is 0 Å². The molecule has 0 fully saturated rings. The van der Waals surface area contributed by atoms with Gasteiger partial charge in [0.2, 0.25) is 0 Å². The van der Waals surface area contributed by atoms with Gasteiger partial charge in [0.05, 0.1) is 0 Å². The molecule has 0 atom stereocenters. The van der Waals surface area contributed by atoms with Gasteiger partial charge in [0.15, 0.2) is 5.82 Å². The number of nitrogens with zero attached hydrogens (tertiary/aromatic N) is 2. The second-order valence-corrected chi connectivity index (χ2v) is 5.37. The molecule has 0 amide bonds. The molecule has 6 heteroatoms. The normalized spacial score (nSPS) is 10.8. The van der Waals surface area contributed by atoms with Crippen LogP contribution in [-0.2, 0) is 0 Å². The molecular formula is C13H14BrFN4. The molecule has 19 heavy (non-hydrogen) atoms. The number of hydrazine groups is 1. The standard InChI is InChI=1S/C13H14BrFN4/c1-7(2)11-6-12(19-16)18-13(17-11)8-3-9(14)5-10(15)4-8/h3-7H,16H2,1-2H3,(H,17,18,19). The van der Waals surface area contributed by atoms with Gasteiger partial charge < -0.3 is 5.43 Å². The summed E-state index contributed by atoms with van der Waals surface area (Å²) in [5.41, 5.74) is 3.95. The molecule has 0 radical (unpaired) electrons. The highest BCUT2D eigenvalue weighted by Crippen LogP contribution is 2.25. The molecule has 1 aromatic carbocycles. The zero-order chi connectivity index (χ0) is 14.0. The van der Waals surface area contributed by atoms with Crippen LogP contribution in [0.3, 0.4) is 0 Å². The number of nitrogens with one attached hydrogen (secondary N) is 1. The average molecular weight is 325 g/mol. The molecule has 0 aliphatic carbocycles. The van der Waals surface area contributed by atoms with Crippen molar-refractivity contribution in [1.29, 1.82) is 0 Å². The van der Waals surface area contributed by atoms with Crippen molar-refractivity contribution in [3.63, 3.8) is 0 Å². The number of hydrogen-bond donors (Lipinski definition) is 2. The molecule has 1 aromatic heterocycles. The predicted octanol–water partition coefficient (Wildman–Crippen LogP) is 3.45. The summed E-state index contributed by atoms with van der Waals surface area (Å²) in [7, 11) is 0. The fraction of sp³-hybridized carbons (Fsp3) is 0.231. The first kappa shape index (κ1) is 13.9. The van der Waals surface area contributed by atoms with Crippen molar-refractivity contribution in [2.75, 3.05) is 5.43 Å². The smallest absolute Gasteiger partial charge is 0.161 e. The third-order valence-corrected chi connectivity index (χ3v) is 3.06. The Kier molecular flexibility index (Phi) is 4.11. The fourth-order valence-electron chi connectivity index (χ4n) is 1.65. The van der Waals surface area contributed by atoms with Crippen molar-refractivity contribution in [3.8, 4) is 11.4 Å². The van der Waals surface area contributed by atoms with Crippen LogP contribution >= 0.6 is 15.9 Å². The van der Waals surface area contributed by atoms with Gasteiger partial charge in [0.25, 0.3) is 0 Å². The van der Waals surface area contributed by atoms with E-state index in [1.807, 2.05) is 13.8 Å². The minimum absolute atomic E-state index is 0.228. The van der Waals surface area contributed by atoms with Crippen LogP contribution in [0.15, 0.2) is 28.7 Å². The van der Waals surface area contributed by atoms with Crippen molar-refractivity contribution in [3.05, 3.63) is 40.2 Å². The number of rotatable bonds is 3. The lowest BCUT2D eigenvalue weighted by molar-refractivity contribution is 0.627. The van der Waals surface area contributed by atoms with E-state index in [1.54, 1.807) is 12.1 Å². The van der Waals surface area contributed by atoms with Crippen LogP contribution in [0.4, 0.5) is 10.2 Å². The van der Waals surface area contributed by atoms with E-state index in [0.717, 1.165) is 5.69 Å². The SMILES string of the molecule is CC(C)c1cc(NN)nc(-c2cc(F)cc(Br)c2)n1. The minimum atomic E-state index is -0.342. The van der Waals surface area contributed by atoms with E-state index >= 15 is 0 Å². The van der Waals surface area contributed by atoms with Crippen LogP contribution in [0.1, 0.15) is 25.5 Å². The van der Waals surface area contributed by atoms with Crippen molar-refractivity contribution in [2.45, 2.75) is 19.8 Å². The molecular weight excluding hydrogens is 311 g/mol. The van der Waals surface area contributed by atoms with Crippen LogP contribution in [0, 0.1) is 5.82 Å². The van der Waals surface area contributed by atoms with Crippen molar-refractivity contribution in [1.82, 2.24) is 9.97 Å². The average Bonchev–Trinajstić information content (AvgIpc) is 2.37. The Morgan fingerprint density at radius 1 is 1.21 bits per heavy atom. The highest BCUT2D eigenvalue weighted by atomic mass is 79.9. The molecule has 4 nitrogen and oxygen atoms in total.